The van der Waals surface area contributed by atoms with Gasteiger partial charge in [-0.25, -0.2) is 0 Å². The van der Waals surface area contributed by atoms with E-state index < -0.39 is 0 Å². The predicted molar refractivity (Wildman–Crippen MR) is 75.0 cm³/mol. The lowest BCUT2D eigenvalue weighted by Gasteiger charge is -1.93. The Bertz CT molecular complexity index is 586. The van der Waals surface area contributed by atoms with E-state index in [9.17, 15) is 4.79 Å². The fourth-order valence-electron chi connectivity index (χ4n) is 1.47. The summed E-state index contributed by atoms with van der Waals surface area (Å²) in [6.45, 7) is 3.93. The molecule has 0 aliphatic heterocycles. The summed E-state index contributed by atoms with van der Waals surface area (Å²) in [5, 5.41) is 12.0. The molecule has 0 spiro atoms. The third kappa shape index (κ3) is 4.03. The van der Waals surface area contributed by atoms with Crippen LogP contribution in [0.5, 0.6) is 0 Å². The van der Waals surface area contributed by atoms with E-state index in [1.807, 2.05) is 19.1 Å². The minimum absolute atomic E-state index is 0.242. The molecule has 2 aromatic rings. The number of furan rings is 1. The number of anilines is 1. The van der Waals surface area contributed by atoms with Crippen molar-refractivity contribution in [2.75, 3.05) is 5.32 Å². The maximum atomic E-state index is 11.7. The van der Waals surface area contributed by atoms with Crippen LogP contribution in [0.25, 0.3) is 6.08 Å². The van der Waals surface area contributed by atoms with Crippen LogP contribution in [-0.2, 0) is 11.2 Å². The van der Waals surface area contributed by atoms with Gasteiger partial charge >= 0.3 is 0 Å². The Morgan fingerprint density at radius 2 is 2.32 bits per heavy atom. The van der Waals surface area contributed by atoms with E-state index in [1.54, 1.807) is 6.08 Å². The molecule has 1 N–H and O–H groups in total. The molecule has 19 heavy (non-hydrogen) atoms. The standard InChI is InChI=1S/C13H15N3O2S/c1-3-4-12-15-16-13(19-12)14-11(17)8-7-10-6-5-9(2)18-10/h5-8H,3-4H2,1-2H3,(H,14,16,17). The van der Waals surface area contributed by atoms with Crippen molar-refractivity contribution in [2.45, 2.75) is 26.7 Å². The summed E-state index contributed by atoms with van der Waals surface area (Å²) in [6, 6.07) is 3.66. The zero-order chi connectivity index (χ0) is 13.7. The molecule has 0 atom stereocenters. The van der Waals surface area contributed by atoms with Crippen molar-refractivity contribution in [3.05, 3.63) is 34.7 Å². The van der Waals surface area contributed by atoms with Crippen LogP contribution in [0.15, 0.2) is 22.6 Å². The lowest BCUT2D eigenvalue weighted by Crippen LogP contribution is -2.07. The van der Waals surface area contributed by atoms with Crippen molar-refractivity contribution in [1.82, 2.24) is 10.2 Å². The number of aromatic nitrogens is 2. The summed E-state index contributed by atoms with van der Waals surface area (Å²) in [5.41, 5.74) is 0. The summed E-state index contributed by atoms with van der Waals surface area (Å²) in [6.07, 6.45) is 4.94. The SMILES string of the molecule is CCCc1nnc(NC(=O)C=Cc2ccc(C)o2)s1. The van der Waals surface area contributed by atoms with Crippen molar-refractivity contribution in [3.63, 3.8) is 0 Å². The second-order valence-corrected chi connectivity index (χ2v) is 5.08. The van der Waals surface area contributed by atoms with E-state index in [0.29, 0.717) is 10.9 Å². The number of rotatable bonds is 5. The molecule has 5 nitrogen and oxygen atoms in total. The van der Waals surface area contributed by atoms with Crippen molar-refractivity contribution in [1.29, 1.82) is 0 Å². The van der Waals surface area contributed by atoms with E-state index >= 15 is 0 Å². The number of carbonyl (C=O) groups excluding carboxylic acids is 1. The van der Waals surface area contributed by atoms with Crippen LogP contribution >= 0.6 is 11.3 Å². The van der Waals surface area contributed by atoms with Gasteiger partial charge in [0.15, 0.2) is 0 Å². The number of hydrogen-bond donors (Lipinski definition) is 1. The second kappa shape index (κ2) is 6.29. The second-order valence-electron chi connectivity index (χ2n) is 4.02. The first-order valence-electron chi connectivity index (χ1n) is 6.05. The molecule has 1 amide bonds. The largest absolute Gasteiger partial charge is 0.462 e. The van der Waals surface area contributed by atoms with E-state index in [0.717, 1.165) is 23.6 Å². The van der Waals surface area contributed by atoms with Gasteiger partial charge < -0.3 is 4.42 Å². The number of nitrogens with zero attached hydrogens (tertiary/aromatic N) is 2. The van der Waals surface area contributed by atoms with Crippen molar-refractivity contribution >= 4 is 28.5 Å². The maximum Gasteiger partial charge on any atom is 0.250 e. The van der Waals surface area contributed by atoms with Crippen LogP contribution in [0.3, 0.4) is 0 Å². The van der Waals surface area contributed by atoms with E-state index in [1.165, 1.54) is 17.4 Å². The summed E-state index contributed by atoms with van der Waals surface area (Å²) in [4.78, 5) is 11.7. The van der Waals surface area contributed by atoms with Crippen molar-refractivity contribution in [2.24, 2.45) is 0 Å². The molecule has 0 unspecified atom stereocenters. The van der Waals surface area contributed by atoms with Gasteiger partial charge in [-0.05, 0) is 31.6 Å². The van der Waals surface area contributed by atoms with Crippen LogP contribution in [0.2, 0.25) is 0 Å². The zero-order valence-electron chi connectivity index (χ0n) is 10.8. The van der Waals surface area contributed by atoms with Gasteiger partial charge in [0.1, 0.15) is 16.5 Å². The average molecular weight is 277 g/mol. The Morgan fingerprint density at radius 1 is 1.47 bits per heavy atom. The van der Waals surface area contributed by atoms with Gasteiger partial charge in [0, 0.05) is 12.5 Å². The van der Waals surface area contributed by atoms with Crippen molar-refractivity contribution in [3.8, 4) is 0 Å². The smallest absolute Gasteiger partial charge is 0.250 e. The minimum atomic E-state index is -0.242. The van der Waals surface area contributed by atoms with Crippen molar-refractivity contribution < 1.29 is 9.21 Å². The van der Waals surface area contributed by atoms with E-state index in [4.69, 9.17) is 4.42 Å². The summed E-state index contributed by atoms with van der Waals surface area (Å²) < 4.78 is 5.33. The van der Waals surface area contributed by atoms with Gasteiger partial charge in [0.05, 0.1) is 0 Å². The summed E-state index contributed by atoms with van der Waals surface area (Å²) >= 11 is 1.40. The molecule has 100 valence electrons. The first kappa shape index (κ1) is 13.5. The molecule has 0 fully saturated rings. The van der Waals surface area contributed by atoms with E-state index in [-0.39, 0.29) is 5.91 Å². The molecular weight excluding hydrogens is 262 g/mol. The highest BCUT2D eigenvalue weighted by atomic mass is 32.1. The zero-order valence-corrected chi connectivity index (χ0v) is 11.7. The average Bonchev–Trinajstić information content (AvgIpc) is 2.97. The van der Waals surface area contributed by atoms with Crippen LogP contribution < -0.4 is 5.32 Å². The number of hydrogen-bond acceptors (Lipinski definition) is 5. The minimum Gasteiger partial charge on any atom is -0.462 e. The van der Waals surface area contributed by atoms with Crippen LogP contribution in [0.4, 0.5) is 5.13 Å². The van der Waals surface area contributed by atoms with Gasteiger partial charge in [-0.3, -0.25) is 10.1 Å². The van der Waals surface area contributed by atoms with Crippen LogP contribution in [0, 0.1) is 6.92 Å². The molecule has 2 heterocycles. The fraction of sp³-hybridized carbons (Fsp3) is 0.308. The molecule has 0 saturated carbocycles. The normalized spacial score (nSPS) is 11.1. The Morgan fingerprint density at radius 3 is 3.00 bits per heavy atom. The van der Waals surface area contributed by atoms with Gasteiger partial charge in [0.2, 0.25) is 11.0 Å². The Hall–Kier alpha value is -1.95. The number of carbonyl (C=O) groups is 1. The highest BCUT2D eigenvalue weighted by Gasteiger charge is 2.05. The summed E-state index contributed by atoms with van der Waals surface area (Å²) in [5.74, 6) is 1.22. The molecule has 0 radical (unpaired) electrons. The van der Waals surface area contributed by atoms with Gasteiger partial charge in [-0.15, -0.1) is 10.2 Å². The molecule has 0 aliphatic rings. The summed E-state index contributed by atoms with van der Waals surface area (Å²) in [7, 11) is 0. The Kier molecular flexibility index (Phi) is 4.46. The molecule has 0 aliphatic carbocycles. The lowest BCUT2D eigenvalue weighted by molar-refractivity contribution is -0.111. The third-order valence-electron chi connectivity index (χ3n) is 2.32. The molecule has 2 rings (SSSR count). The first-order chi connectivity index (χ1) is 9.17. The molecule has 2 aromatic heterocycles. The lowest BCUT2D eigenvalue weighted by atomic mass is 10.4. The van der Waals surface area contributed by atoms with Gasteiger partial charge in [0.25, 0.3) is 0 Å². The number of aryl methyl sites for hydroxylation is 2. The molecule has 6 heteroatoms. The molecular formula is C13H15N3O2S. The maximum absolute atomic E-state index is 11.7. The van der Waals surface area contributed by atoms with Gasteiger partial charge in [-0.2, -0.15) is 0 Å². The Balaban J connectivity index is 1.91. The number of nitrogens with one attached hydrogen (secondary N) is 1. The Labute approximate surface area is 115 Å². The molecule has 0 aromatic carbocycles. The monoisotopic (exact) mass is 277 g/mol. The van der Waals surface area contributed by atoms with Gasteiger partial charge in [-0.1, -0.05) is 18.3 Å². The molecule has 0 saturated heterocycles. The number of amides is 1. The first-order valence-corrected chi connectivity index (χ1v) is 6.87. The quantitative estimate of drug-likeness (QED) is 0.853. The van der Waals surface area contributed by atoms with Crippen LogP contribution in [0.1, 0.15) is 29.9 Å². The third-order valence-corrected chi connectivity index (χ3v) is 3.22. The fourth-order valence-corrected chi connectivity index (χ4v) is 2.31. The highest BCUT2D eigenvalue weighted by molar-refractivity contribution is 7.15. The molecule has 0 bridgehead atoms. The predicted octanol–water partition coefficient (Wildman–Crippen LogP) is 3.04. The van der Waals surface area contributed by atoms with E-state index in [2.05, 4.69) is 22.4 Å². The topological polar surface area (TPSA) is 68.0 Å². The highest BCUT2D eigenvalue weighted by Crippen LogP contribution is 2.16. The van der Waals surface area contributed by atoms with Crippen LogP contribution in [-0.4, -0.2) is 16.1 Å².